The maximum atomic E-state index is 11.9. The molecule has 0 fully saturated rings. The molecule has 0 saturated carbocycles. The average Bonchev–Trinajstić information content (AvgIpc) is 2.65. The van der Waals surface area contributed by atoms with Crippen molar-refractivity contribution < 1.29 is 4.79 Å². The third-order valence-corrected chi connectivity index (χ3v) is 2.78. The molecule has 0 amide bonds. The van der Waals surface area contributed by atoms with E-state index < -0.39 is 0 Å². The predicted molar refractivity (Wildman–Crippen MR) is 54.5 cm³/mol. The van der Waals surface area contributed by atoms with Crippen molar-refractivity contribution in [3.8, 4) is 0 Å². The van der Waals surface area contributed by atoms with E-state index in [1.54, 1.807) is 0 Å². The van der Waals surface area contributed by atoms with Gasteiger partial charge in [0.15, 0.2) is 5.78 Å². The molecule has 0 radical (unpaired) electrons. The molecule has 2 rings (SSSR count). The van der Waals surface area contributed by atoms with Gasteiger partial charge >= 0.3 is 0 Å². The largest absolute Gasteiger partial charge is 0.288 e. The number of nitrogens with zero attached hydrogens (tertiary/aromatic N) is 2. The maximum absolute atomic E-state index is 11.9. The van der Waals surface area contributed by atoms with E-state index in [0.717, 1.165) is 11.1 Å². The van der Waals surface area contributed by atoms with E-state index >= 15 is 0 Å². The molecule has 3 nitrogen and oxygen atoms in total. The van der Waals surface area contributed by atoms with Gasteiger partial charge in [-0.3, -0.25) is 4.79 Å². The van der Waals surface area contributed by atoms with Crippen LogP contribution in [0.1, 0.15) is 21.5 Å². The molecule has 4 heteroatoms. The molecule has 2 aromatic heterocycles. The van der Waals surface area contributed by atoms with Gasteiger partial charge in [0.1, 0.15) is 6.33 Å². The molecule has 2 aromatic rings. The summed E-state index contributed by atoms with van der Waals surface area (Å²) in [4.78, 5) is 19.5. The van der Waals surface area contributed by atoms with E-state index in [1.807, 2.05) is 17.7 Å². The van der Waals surface area contributed by atoms with Crippen LogP contribution in [0.25, 0.3) is 0 Å². The first-order valence-corrected chi connectivity index (χ1v) is 5.06. The highest BCUT2D eigenvalue weighted by atomic mass is 32.1. The Balaban J connectivity index is 2.39. The second-order valence-electron chi connectivity index (χ2n) is 2.92. The normalized spacial score (nSPS) is 10.1. The van der Waals surface area contributed by atoms with Crippen molar-refractivity contribution in [1.82, 2.24) is 9.97 Å². The fourth-order valence-electron chi connectivity index (χ4n) is 1.16. The van der Waals surface area contributed by atoms with Gasteiger partial charge < -0.3 is 0 Å². The van der Waals surface area contributed by atoms with Crippen molar-refractivity contribution in [1.29, 1.82) is 0 Å². The SMILES string of the molecule is Cc1cscc1C(=O)c1cncnc1. The molecule has 0 N–H and O–H groups in total. The van der Waals surface area contributed by atoms with Crippen molar-refractivity contribution in [2.24, 2.45) is 0 Å². The minimum absolute atomic E-state index is 0.00986. The zero-order chi connectivity index (χ0) is 9.97. The summed E-state index contributed by atoms with van der Waals surface area (Å²) in [6, 6.07) is 0. The van der Waals surface area contributed by atoms with Crippen LogP contribution in [-0.4, -0.2) is 15.8 Å². The van der Waals surface area contributed by atoms with Crippen LogP contribution in [0.5, 0.6) is 0 Å². The number of rotatable bonds is 2. The maximum Gasteiger partial charge on any atom is 0.197 e. The topological polar surface area (TPSA) is 42.9 Å². The standard InChI is InChI=1S/C10H8N2OS/c1-7-4-14-5-9(7)10(13)8-2-11-6-12-3-8/h2-6H,1H3. The number of hydrogen-bond donors (Lipinski definition) is 0. The summed E-state index contributed by atoms with van der Waals surface area (Å²) in [5, 5.41) is 3.81. The number of aryl methyl sites for hydroxylation is 1. The summed E-state index contributed by atoms with van der Waals surface area (Å²) < 4.78 is 0. The Morgan fingerprint density at radius 1 is 1.29 bits per heavy atom. The molecule has 0 unspecified atom stereocenters. The van der Waals surface area contributed by atoms with Gasteiger partial charge in [-0.05, 0) is 17.9 Å². The Kier molecular flexibility index (Phi) is 2.37. The molecule has 0 spiro atoms. The first kappa shape index (κ1) is 9.02. The molecule has 0 saturated heterocycles. The Hall–Kier alpha value is -1.55. The second kappa shape index (κ2) is 3.67. The predicted octanol–water partition coefficient (Wildman–Crippen LogP) is 2.08. The van der Waals surface area contributed by atoms with E-state index in [1.165, 1.54) is 30.1 Å². The van der Waals surface area contributed by atoms with Crippen LogP contribution in [0, 0.1) is 6.92 Å². The number of carbonyl (C=O) groups excluding carboxylic acids is 1. The summed E-state index contributed by atoms with van der Waals surface area (Å²) in [6.45, 7) is 1.92. The van der Waals surface area contributed by atoms with Crippen molar-refractivity contribution in [2.75, 3.05) is 0 Å². The molecule has 0 atom stereocenters. The Morgan fingerprint density at radius 2 is 2.00 bits per heavy atom. The number of thiophene rings is 1. The molecule has 14 heavy (non-hydrogen) atoms. The van der Waals surface area contributed by atoms with Crippen molar-refractivity contribution in [3.63, 3.8) is 0 Å². The van der Waals surface area contributed by atoms with Gasteiger partial charge in [0, 0.05) is 23.3 Å². The highest BCUT2D eigenvalue weighted by Crippen LogP contribution is 2.17. The lowest BCUT2D eigenvalue weighted by atomic mass is 10.1. The molecule has 0 aromatic carbocycles. The van der Waals surface area contributed by atoms with Gasteiger partial charge in [-0.25, -0.2) is 9.97 Å². The molecule has 0 aliphatic carbocycles. The minimum atomic E-state index is -0.00986. The molecule has 70 valence electrons. The van der Waals surface area contributed by atoms with E-state index in [0.29, 0.717) is 5.56 Å². The fraction of sp³-hybridized carbons (Fsp3) is 0.100. The Bertz CT molecular complexity index is 450. The van der Waals surface area contributed by atoms with Crippen LogP contribution in [-0.2, 0) is 0 Å². The number of hydrogen-bond acceptors (Lipinski definition) is 4. The first-order chi connectivity index (χ1) is 6.79. The smallest absolute Gasteiger partial charge is 0.197 e. The molecular formula is C10H8N2OS. The fourth-order valence-corrected chi connectivity index (χ4v) is 1.99. The summed E-state index contributed by atoms with van der Waals surface area (Å²) in [7, 11) is 0. The quantitative estimate of drug-likeness (QED) is 0.703. The third kappa shape index (κ3) is 1.56. The van der Waals surface area contributed by atoms with Gasteiger partial charge in [-0.1, -0.05) is 0 Å². The van der Waals surface area contributed by atoms with Crippen molar-refractivity contribution in [2.45, 2.75) is 6.92 Å². The molecule has 0 aliphatic heterocycles. The summed E-state index contributed by atoms with van der Waals surface area (Å²) in [6.07, 6.45) is 4.48. The van der Waals surface area contributed by atoms with Crippen LogP contribution in [0.15, 0.2) is 29.5 Å². The minimum Gasteiger partial charge on any atom is -0.288 e. The number of carbonyl (C=O) groups is 1. The zero-order valence-electron chi connectivity index (χ0n) is 7.60. The monoisotopic (exact) mass is 204 g/mol. The lowest BCUT2D eigenvalue weighted by Crippen LogP contribution is -2.02. The van der Waals surface area contributed by atoms with Crippen molar-refractivity contribution >= 4 is 17.1 Å². The molecule has 2 heterocycles. The highest BCUT2D eigenvalue weighted by molar-refractivity contribution is 7.08. The lowest BCUT2D eigenvalue weighted by molar-refractivity contribution is 0.103. The second-order valence-corrected chi connectivity index (χ2v) is 3.67. The van der Waals surface area contributed by atoms with Gasteiger partial charge in [0.25, 0.3) is 0 Å². The molecule has 0 bridgehead atoms. The van der Waals surface area contributed by atoms with E-state index in [-0.39, 0.29) is 5.78 Å². The van der Waals surface area contributed by atoms with Gasteiger partial charge in [-0.2, -0.15) is 11.3 Å². The summed E-state index contributed by atoms with van der Waals surface area (Å²) in [5.74, 6) is -0.00986. The highest BCUT2D eigenvalue weighted by Gasteiger charge is 2.12. The average molecular weight is 204 g/mol. The van der Waals surface area contributed by atoms with Gasteiger partial charge in [0.2, 0.25) is 0 Å². The van der Waals surface area contributed by atoms with Crippen LogP contribution in [0.3, 0.4) is 0 Å². The summed E-state index contributed by atoms with van der Waals surface area (Å²) in [5.41, 5.74) is 2.28. The summed E-state index contributed by atoms with van der Waals surface area (Å²) >= 11 is 1.53. The third-order valence-electron chi connectivity index (χ3n) is 1.92. The van der Waals surface area contributed by atoms with E-state index in [4.69, 9.17) is 0 Å². The number of ketones is 1. The first-order valence-electron chi connectivity index (χ1n) is 4.11. The van der Waals surface area contributed by atoms with Crippen molar-refractivity contribution in [3.05, 3.63) is 46.2 Å². The molecular weight excluding hydrogens is 196 g/mol. The van der Waals surface area contributed by atoms with E-state index in [2.05, 4.69) is 9.97 Å². The van der Waals surface area contributed by atoms with Crippen LogP contribution in [0.2, 0.25) is 0 Å². The van der Waals surface area contributed by atoms with Gasteiger partial charge in [0.05, 0.1) is 5.56 Å². The van der Waals surface area contributed by atoms with Crippen LogP contribution < -0.4 is 0 Å². The molecule has 0 aliphatic rings. The number of aromatic nitrogens is 2. The lowest BCUT2D eigenvalue weighted by Gasteiger charge is -1.97. The zero-order valence-corrected chi connectivity index (χ0v) is 8.41. The Labute approximate surface area is 85.5 Å². The van der Waals surface area contributed by atoms with Crippen LogP contribution >= 0.6 is 11.3 Å². The van der Waals surface area contributed by atoms with Gasteiger partial charge in [-0.15, -0.1) is 0 Å². The van der Waals surface area contributed by atoms with E-state index in [9.17, 15) is 4.79 Å². The Morgan fingerprint density at radius 3 is 2.57 bits per heavy atom. The van der Waals surface area contributed by atoms with Crippen LogP contribution in [0.4, 0.5) is 0 Å².